The average molecular weight is 994 g/mol. The standard InChI is InChI=1S/C65H116O6/c1-4-7-10-13-16-19-22-25-28-31-34-37-40-43-46-49-52-55-58-64(67)70-61-62(60-69-63(66)57-54-51-48-45-42-39-36-33-30-27-24-21-18-15-12-9-6-3)71-65(68)59-56-53-50-47-44-41-38-35-32-29-26-23-20-17-14-11-8-5-2/h27-32,34-35,37-38,62H,4-26,33,36,39-61H2,1-3H3/b30-27-,31-28-,32-29-,37-34-,38-35-. The highest BCUT2D eigenvalue weighted by Crippen LogP contribution is 2.15. The largest absolute Gasteiger partial charge is 0.462 e. The molecule has 1 unspecified atom stereocenters. The summed E-state index contributed by atoms with van der Waals surface area (Å²) >= 11 is 0. The van der Waals surface area contributed by atoms with Crippen molar-refractivity contribution < 1.29 is 28.6 Å². The summed E-state index contributed by atoms with van der Waals surface area (Å²) in [6.07, 6.45) is 75.0. The van der Waals surface area contributed by atoms with Gasteiger partial charge in [-0.25, -0.2) is 0 Å². The molecule has 0 amide bonds. The molecule has 0 saturated heterocycles. The predicted octanol–water partition coefficient (Wildman–Crippen LogP) is 20.8. The quantitative estimate of drug-likeness (QED) is 0.0199. The normalized spacial score (nSPS) is 12.4. The predicted molar refractivity (Wildman–Crippen MR) is 307 cm³/mol. The van der Waals surface area contributed by atoms with Gasteiger partial charge in [0, 0.05) is 19.3 Å². The van der Waals surface area contributed by atoms with E-state index in [4.69, 9.17) is 14.2 Å². The van der Waals surface area contributed by atoms with Crippen molar-refractivity contribution in [1.82, 2.24) is 0 Å². The van der Waals surface area contributed by atoms with Crippen LogP contribution < -0.4 is 0 Å². The molecule has 0 bridgehead atoms. The van der Waals surface area contributed by atoms with Crippen molar-refractivity contribution in [3.05, 3.63) is 60.8 Å². The first-order chi connectivity index (χ1) is 35.0. The molecule has 0 heterocycles. The van der Waals surface area contributed by atoms with Gasteiger partial charge < -0.3 is 14.2 Å². The maximum atomic E-state index is 12.9. The van der Waals surface area contributed by atoms with E-state index in [0.29, 0.717) is 19.3 Å². The molecular weight excluding hydrogens is 877 g/mol. The van der Waals surface area contributed by atoms with E-state index in [1.807, 2.05) is 0 Å². The van der Waals surface area contributed by atoms with E-state index >= 15 is 0 Å². The van der Waals surface area contributed by atoms with Crippen molar-refractivity contribution in [2.45, 2.75) is 322 Å². The molecule has 0 aromatic carbocycles. The lowest BCUT2D eigenvalue weighted by atomic mass is 10.1. The average Bonchev–Trinajstić information content (AvgIpc) is 3.37. The fourth-order valence-corrected chi connectivity index (χ4v) is 8.83. The third-order valence-electron chi connectivity index (χ3n) is 13.5. The molecule has 0 aliphatic rings. The molecule has 1 atom stereocenters. The van der Waals surface area contributed by atoms with Crippen LogP contribution in [-0.2, 0) is 28.6 Å². The van der Waals surface area contributed by atoms with Crippen LogP contribution in [0.15, 0.2) is 60.8 Å². The third-order valence-corrected chi connectivity index (χ3v) is 13.5. The molecule has 6 nitrogen and oxygen atoms in total. The van der Waals surface area contributed by atoms with Crippen molar-refractivity contribution in [1.29, 1.82) is 0 Å². The molecule has 0 aliphatic carbocycles. The lowest BCUT2D eigenvalue weighted by Gasteiger charge is -2.18. The SMILES string of the molecule is CCCCCCCC/C=C\CCCCCCCCCC(=O)OCC(COC(=O)CCCCCCC/C=C\C=C/CCCCCCCCC)OC(=O)CCCCCCC/C=C\C=C/CCCCCCCCC. The summed E-state index contributed by atoms with van der Waals surface area (Å²) in [4.78, 5) is 38.3. The van der Waals surface area contributed by atoms with Crippen LogP contribution in [0.2, 0.25) is 0 Å². The van der Waals surface area contributed by atoms with Gasteiger partial charge in [0.2, 0.25) is 0 Å². The van der Waals surface area contributed by atoms with Crippen LogP contribution in [0.5, 0.6) is 0 Å². The molecule has 0 fully saturated rings. The van der Waals surface area contributed by atoms with Gasteiger partial charge in [0.25, 0.3) is 0 Å². The maximum Gasteiger partial charge on any atom is 0.306 e. The molecule has 0 aliphatic heterocycles. The number of allylic oxidation sites excluding steroid dienone is 10. The Hall–Kier alpha value is -2.89. The number of hydrogen-bond acceptors (Lipinski definition) is 6. The topological polar surface area (TPSA) is 78.9 Å². The summed E-state index contributed by atoms with van der Waals surface area (Å²) in [5.41, 5.74) is 0. The van der Waals surface area contributed by atoms with E-state index in [0.717, 1.165) is 96.3 Å². The minimum atomic E-state index is -0.791. The summed E-state index contributed by atoms with van der Waals surface area (Å²) in [5, 5.41) is 0. The van der Waals surface area contributed by atoms with Gasteiger partial charge in [-0.15, -0.1) is 0 Å². The zero-order valence-corrected chi connectivity index (χ0v) is 47.2. The van der Waals surface area contributed by atoms with Crippen LogP contribution in [0.25, 0.3) is 0 Å². The maximum absolute atomic E-state index is 12.9. The van der Waals surface area contributed by atoms with Crippen molar-refractivity contribution in [3.63, 3.8) is 0 Å². The van der Waals surface area contributed by atoms with Crippen LogP contribution in [0, 0.1) is 0 Å². The van der Waals surface area contributed by atoms with Gasteiger partial charge in [-0.2, -0.15) is 0 Å². The minimum absolute atomic E-state index is 0.0868. The van der Waals surface area contributed by atoms with E-state index < -0.39 is 6.10 Å². The molecule has 412 valence electrons. The Kier molecular flexibility index (Phi) is 57.2. The lowest BCUT2D eigenvalue weighted by Crippen LogP contribution is -2.30. The third kappa shape index (κ3) is 57.9. The second-order valence-electron chi connectivity index (χ2n) is 20.7. The first kappa shape index (κ1) is 68.1. The van der Waals surface area contributed by atoms with Gasteiger partial charge in [0.15, 0.2) is 6.10 Å². The number of hydrogen-bond donors (Lipinski definition) is 0. The first-order valence-electron chi connectivity index (χ1n) is 30.8. The molecule has 71 heavy (non-hydrogen) atoms. The summed E-state index contributed by atoms with van der Waals surface area (Å²) in [5.74, 6) is -0.907. The van der Waals surface area contributed by atoms with E-state index in [2.05, 4.69) is 81.5 Å². The van der Waals surface area contributed by atoms with Gasteiger partial charge in [-0.05, 0) is 96.3 Å². The Morgan fingerprint density at radius 1 is 0.282 bits per heavy atom. The second kappa shape index (κ2) is 59.7. The summed E-state index contributed by atoms with van der Waals surface area (Å²) in [7, 11) is 0. The Labute approximate surface area is 440 Å². The molecule has 6 heteroatoms. The summed E-state index contributed by atoms with van der Waals surface area (Å²) in [6, 6.07) is 0. The Balaban J connectivity index is 4.43. The molecule has 0 saturated carbocycles. The van der Waals surface area contributed by atoms with Crippen molar-refractivity contribution in [2.75, 3.05) is 13.2 Å². The number of unbranched alkanes of at least 4 members (excludes halogenated alkanes) is 37. The van der Waals surface area contributed by atoms with Crippen molar-refractivity contribution in [2.24, 2.45) is 0 Å². The van der Waals surface area contributed by atoms with Gasteiger partial charge in [0.05, 0.1) is 0 Å². The molecule has 0 aromatic heterocycles. The van der Waals surface area contributed by atoms with Crippen molar-refractivity contribution >= 4 is 17.9 Å². The van der Waals surface area contributed by atoms with E-state index in [1.165, 1.54) is 180 Å². The molecule has 0 rings (SSSR count). The molecular formula is C65H116O6. The van der Waals surface area contributed by atoms with Crippen LogP contribution in [0.4, 0.5) is 0 Å². The zero-order valence-electron chi connectivity index (χ0n) is 47.2. The van der Waals surface area contributed by atoms with Crippen LogP contribution in [-0.4, -0.2) is 37.2 Å². The Bertz CT molecular complexity index is 1280. The lowest BCUT2D eigenvalue weighted by molar-refractivity contribution is -0.167. The van der Waals surface area contributed by atoms with Gasteiger partial charge in [-0.1, -0.05) is 261 Å². The van der Waals surface area contributed by atoms with Gasteiger partial charge in [0.1, 0.15) is 13.2 Å². The number of rotatable bonds is 56. The van der Waals surface area contributed by atoms with E-state index in [-0.39, 0.29) is 31.1 Å². The van der Waals surface area contributed by atoms with E-state index in [1.54, 1.807) is 0 Å². The Morgan fingerprint density at radius 3 is 0.789 bits per heavy atom. The highest BCUT2D eigenvalue weighted by molar-refractivity contribution is 5.71. The first-order valence-corrected chi connectivity index (χ1v) is 30.8. The fourth-order valence-electron chi connectivity index (χ4n) is 8.83. The zero-order chi connectivity index (χ0) is 51.4. The highest BCUT2D eigenvalue weighted by atomic mass is 16.6. The number of ether oxygens (including phenoxy) is 3. The van der Waals surface area contributed by atoms with Gasteiger partial charge in [-0.3, -0.25) is 14.4 Å². The molecule has 0 aromatic rings. The summed E-state index contributed by atoms with van der Waals surface area (Å²) in [6.45, 7) is 6.63. The molecule has 0 N–H and O–H groups in total. The van der Waals surface area contributed by atoms with Gasteiger partial charge >= 0.3 is 17.9 Å². The smallest absolute Gasteiger partial charge is 0.306 e. The Morgan fingerprint density at radius 2 is 0.507 bits per heavy atom. The fraction of sp³-hybridized carbons (Fsp3) is 0.800. The van der Waals surface area contributed by atoms with Crippen LogP contribution in [0.3, 0.4) is 0 Å². The second-order valence-corrected chi connectivity index (χ2v) is 20.7. The van der Waals surface area contributed by atoms with E-state index in [9.17, 15) is 14.4 Å². The van der Waals surface area contributed by atoms with Crippen molar-refractivity contribution in [3.8, 4) is 0 Å². The molecule has 0 radical (unpaired) electrons. The highest BCUT2D eigenvalue weighted by Gasteiger charge is 2.19. The molecule has 0 spiro atoms. The summed E-state index contributed by atoms with van der Waals surface area (Å²) < 4.78 is 16.9. The number of carbonyl (C=O) groups excluding carboxylic acids is 3. The van der Waals surface area contributed by atoms with Crippen LogP contribution in [0.1, 0.15) is 316 Å². The number of carbonyl (C=O) groups is 3. The number of esters is 3. The monoisotopic (exact) mass is 993 g/mol. The minimum Gasteiger partial charge on any atom is -0.462 e. The van der Waals surface area contributed by atoms with Crippen LogP contribution >= 0.6 is 0 Å².